The monoisotopic (exact) mass is 306 g/mol. The van der Waals surface area contributed by atoms with E-state index in [9.17, 15) is 5.11 Å². The lowest BCUT2D eigenvalue weighted by Gasteiger charge is -2.39. The molecule has 1 heterocycles. The van der Waals surface area contributed by atoms with Gasteiger partial charge in [-0.2, -0.15) is 0 Å². The molecule has 16 heavy (non-hydrogen) atoms. The molecular formula is C11H12BrClO3. The van der Waals surface area contributed by atoms with E-state index in [-0.39, 0.29) is 12.0 Å². The van der Waals surface area contributed by atoms with Crippen LogP contribution in [0.1, 0.15) is 0 Å². The lowest BCUT2D eigenvalue weighted by atomic mass is 9.88. The van der Waals surface area contributed by atoms with Gasteiger partial charge in [-0.3, -0.25) is 0 Å². The highest BCUT2D eigenvalue weighted by molar-refractivity contribution is 9.10. The molecule has 0 radical (unpaired) electrons. The average Bonchev–Trinajstić information content (AvgIpc) is 2.19. The Hall–Kier alpha value is -0.290. The van der Waals surface area contributed by atoms with E-state index >= 15 is 0 Å². The van der Waals surface area contributed by atoms with Gasteiger partial charge in [-0.15, -0.1) is 0 Å². The summed E-state index contributed by atoms with van der Waals surface area (Å²) in [5.74, 6) is 0.726. The van der Waals surface area contributed by atoms with Gasteiger partial charge in [0.1, 0.15) is 12.4 Å². The van der Waals surface area contributed by atoms with E-state index in [1.165, 1.54) is 0 Å². The summed E-state index contributed by atoms with van der Waals surface area (Å²) in [5, 5.41) is 9.89. The number of rotatable bonds is 4. The van der Waals surface area contributed by atoms with Gasteiger partial charge in [-0.25, -0.2) is 0 Å². The molecule has 2 rings (SSSR count). The van der Waals surface area contributed by atoms with E-state index in [0.717, 1.165) is 10.2 Å². The van der Waals surface area contributed by atoms with Gasteiger partial charge in [0.25, 0.3) is 0 Å². The molecular weight excluding hydrogens is 295 g/mol. The van der Waals surface area contributed by atoms with Crippen molar-refractivity contribution in [1.29, 1.82) is 0 Å². The highest BCUT2D eigenvalue weighted by atomic mass is 79.9. The number of aliphatic hydroxyl groups is 1. The third-order valence-corrected chi connectivity index (χ3v) is 3.43. The Balaban J connectivity index is 1.99. The molecule has 0 aromatic heterocycles. The fourth-order valence-corrected chi connectivity index (χ4v) is 2.23. The molecule has 1 N–H and O–H groups in total. The predicted octanol–water partition coefficient (Wildman–Crippen LogP) is 2.49. The topological polar surface area (TPSA) is 38.7 Å². The van der Waals surface area contributed by atoms with Crippen molar-refractivity contribution in [3.05, 3.63) is 27.7 Å². The largest absolute Gasteiger partial charge is 0.492 e. The molecule has 5 heteroatoms. The number of ether oxygens (including phenoxy) is 2. The molecule has 0 atom stereocenters. The molecule has 3 nitrogen and oxygen atoms in total. The minimum absolute atomic E-state index is 0.0816. The van der Waals surface area contributed by atoms with Crippen LogP contribution < -0.4 is 4.74 Å². The second kappa shape index (κ2) is 4.92. The van der Waals surface area contributed by atoms with Gasteiger partial charge in [0.2, 0.25) is 0 Å². The number of halogens is 2. The standard InChI is InChI=1S/C11H12BrClO3/c12-9-3-8(13)1-2-10(9)16-7-11(4-14)5-15-6-11/h1-3,14H,4-7H2. The molecule has 0 aliphatic carbocycles. The Morgan fingerprint density at radius 3 is 2.75 bits per heavy atom. The smallest absolute Gasteiger partial charge is 0.133 e. The molecule has 88 valence electrons. The van der Waals surface area contributed by atoms with Gasteiger partial charge in [-0.05, 0) is 34.1 Å². The second-order valence-electron chi connectivity index (χ2n) is 4.01. The molecule has 0 unspecified atom stereocenters. The maximum absolute atomic E-state index is 9.24. The van der Waals surface area contributed by atoms with Crippen molar-refractivity contribution in [3.63, 3.8) is 0 Å². The second-order valence-corrected chi connectivity index (χ2v) is 5.31. The summed E-state index contributed by atoms with van der Waals surface area (Å²) >= 11 is 9.20. The Labute approximate surface area is 107 Å². The van der Waals surface area contributed by atoms with Crippen LogP contribution in [0.2, 0.25) is 5.02 Å². The van der Waals surface area contributed by atoms with Crippen molar-refractivity contribution in [2.45, 2.75) is 0 Å². The molecule has 1 aliphatic rings. The van der Waals surface area contributed by atoms with Crippen LogP contribution in [0.4, 0.5) is 0 Å². The van der Waals surface area contributed by atoms with Gasteiger partial charge in [0, 0.05) is 5.02 Å². The van der Waals surface area contributed by atoms with Crippen LogP contribution in [0.5, 0.6) is 5.75 Å². The highest BCUT2D eigenvalue weighted by Crippen LogP contribution is 2.32. The highest BCUT2D eigenvalue weighted by Gasteiger charge is 2.39. The number of benzene rings is 1. The van der Waals surface area contributed by atoms with E-state index < -0.39 is 0 Å². The number of hydrogen-bond donors (Lipinski definition) is 1. The Morgan fingerprint density at radius 2 is 2.25 bits per heavy atom. The number of aliphatic hydroxyl groups excluding tert-OH is 1. The molecule has 0 saturated carbocycles. The summed E-state index contributed by atoms with van der Waals surface area (Å²) < 4.78 is 11.6. The minimum atomic E-state index is -0.237. The fourth-order valence-electron chi connectivity index (χ4n) is 1.43. The van der Waals surface area contributed by atoms with Crippen LogP contribution in [0.25, 0.3) is 0 Å². The fraction of sp³-hybridized carbons (Fsp3) is 0.455. The first-order valence-corrected chi connectivity index (χ1v) is 6.09. The van der Waals surface area contributed by atoms with E-state index in [4.69, 9.17) is 21.1 Å². The third kappa shape index (κ3) is 2.51. The first kappa shape index (κ1) is 12.2. The average molecular weight is 308 g/mol. The van der Waals surface area contributed by atoms with Gasteiger partial charge >= 0.3 is 0 Å². The van der Waals surface area contributed by atoms with Crippen LogP contribution in [-0.4, -0.2) is 31.5 Å². The van der Waals surface area contributed by atoms with E-state index in [1.807, 2.05) is 0 Å². The first-order chi connectivity index (χ1) is 7.65. The van der Waals surface area contributed by atoms with Crippen molar-refractivity contribution >= 4 is 27.5 Å². The van der Waals surface area contributed by atoms with Crippen LogP contribution in [0.3, 0.4) is 0 Å². The summed E-state index contributed by atoms with van der Waals surface area (Å²) in [4.78, 5) is 0. The molecule has 0 amide bonds. The summed E-state index contributed by atoms with van der Waals surface area (Å²) in [7, 11) is 0. The van der Waals surface area contributed by atoms with E-state index in [2.05, 4.69) is 15.9 Å². The van der Waals surface area contributed by atoms with E-state index in [1.54, 1.807) is 18.2 Å². The van der Waals surface area contributed by atoms with Gasteiger partial charge in [0.05, 0.1) is 29.7 Å². The quantitative estimate of drug-likeness (QED) is 0.929. The molecule has 1 aliphatic heterocycles. The molecule has 1 aromatic rings. The van der Waals surface area contributed by atoms with Gasteiger partial charge in [0.15, 0.2) is 0 Å². The molecule has 1 aromatic carbocycles. The zero-order valence-electron chi connectivity index (χ0n) is 8.58. The minimum Gasteiger partial charge on any atom is -0.492 e. The molecule has 1 fully saturated rings. The summed E-state index contributed by atoms with van der Waals surface area (Å²) in [6.07, 6.45) is 0. The zero-order valence-corrected chi connectivity index (χ0v) is 10.9. The molecule has 0 spiro atoms. The number of hydrogen-bond acceptors (Lipinski definition) is 3. The Morgan fingerprint density at radius 1 is 1.50 bits per heavy atom. The summed E-state index contributed by atoms with van der Waals surface area (Å²) in [5.41, 5.74) is -0.237. The van der Waals surface area contributed by atoms with E-state index in [0.29, 0.717) is 24.8 Å². The third-order valence-electron chi connectivity index (χ3n) is 2.58. The maximum atomic E-state index is 9.24. The van der Waals surface area contributed by atoms with Crippen LogP contribution in [0.15, 0.2) is 22.7 Å². The lowest BCUT2D eigenvalue weighted by Crippen LogP contribution is -2.49. The Kier molecular flexibility index (Phi) is 3.74. The van der Waals surface area contributed by atoms with Crippen molar-refractivity contribution in [2.75, 3.05) is 26.4 Å². The first-order valence-electron chi connectivity index (χ1n) is 4.92. The molecule has 1 saturated heterocycles. The van der Waals surface area contributed by atoms with Crippen molar-refractivity contribution in [2.24, 2.45) is 5.41 Å². The predicted molar refractivity (Wildman–Crippen MR) is 65.0 cm³/mol. The van der Waals surface area contributed by atoms with Crippen LogP contribution >= 0.6 is 27.5 Å². The van der Waals surface area contributed by atoms with Gasteiger partial charge < -0.3 is 14.6 Å². The van der Waals surface area contributed by atoms with Crippen molar-refractivity contribution in [3.8, 4) is 5.75 Å². The van der Waals surface area contributed by atoms with Crippen LogP contribution in [0, 0.1) is 5.41 Å². The summed E-state index contributed by atoms with van der Waals surface area (Å²) in [6.45, 7) is 1.63. The molecule has 0 bridgehead atoms. The zero-order chi connectivity index (χ0) is 11.6. The van der Waals surface area contributed by atoms with Gasteiger partial charge in [-0.1, -0.05) is 11.6 Å². The summed E-state index contributed by atoms with van der Waals surface area (Å²) in [6, 6.07) is 5.35. The normalized spacial score (nSPS) is 17.9. The lowest BCUT2D eigenvalue weighted by molar-refractivity contribution is -0.153. The van der Waals surface area contributed by atoms with Crippen LogP contribution in [-0.2, 0) is 4.74 Å². The van der Waals surface area contributed by atoms with Crippen molar-refractivity contribution < 1.29 is 14.6 Å². The maximum Gasteiger partial charge on any atom is 0.133 e. The Bertz CT molecular complexity index is 374. The van der Waals surface area contributed by atoms with Crippen molar-refractivity contribution in [1.82, 2.24) is 0 Å². The SMILES string of the molecule is OCC1(COc2ccc(Cl)cc2Br)COC1.